The number of anilines is 2. The highest BCUT2D eigenvalue weighted by molar-refractivity contribution is 7.13. The maximum atomic E-state index is 11.8. The lowest BCUT2D eigenvalue weighted by Crippen LogP contribution is -2.28. The molecule has 0 atom stereocenters. The number of benzene rings is 2. The lowest BCUT2D eigenvalue weighted by molar-refractivity contribution is -0.139. The lowest BCUT2D eigenvalue weighted by atomic mass is 10.1. The molecule has 3 aromatic rings. The SMILES string of the molecule is C=C(Nc1cc(-c2cccs2)ccc1N)c1ccc(CN2C(=O)CCC2=O)cc1. The fourth-order valence-electron chi connectivity index (χ4n) is 3.29. The summed E-state index contributed by atoms with van der Waals surface area (Å²) in [7, 11) is 0. The topological polar surface area (TPSA) is 75.4 Å². The zero-order valence-corrected chi connectivity index (χ0v) is 16.7. The molecule has 2 amide bonds. The van der Waals surface area contributed by atoms with E-state index in [9.17, 15) is 9.59 Å². The van der Waals surface area contributed by atoms with Gasteiger partial charge >= 0.3 is 0 Å². The molecule has 2 heterocycles. The van der Waals surface area contributed by atoms with E-state index in [-0.39, 0.29) is 11.8 Å². The van der Waals surface area contributed by atoms with Crippen LogP contribution in [0.4, 0.5) is 11.4 Å². The highest BCUT2D eigenvalue weighted by Gasteiger charge is 2.28. The van der Waals surface area contributed by atoms with Crippen LogP contribution in [-0.4, -0.2) is 16.7 Å². The quantitative estimate of drug-likeness (QED) is 0.461. The summed E-state index contributed by atoms with van der Waals surface area (Å²) in [6, 6.07) is 17.7. The number of hydrogen-bond donors (Lipinski definition) is 2. The van der Waals surface area contributed by atoms with E-state index in [4.69, 9.17) is 5.73 Å². The molecule has 0 radical (unpaired) electrons. The number of nitrogens with zero attached hydrogens (tertiary/aromatic N) is 1. The molecule has 1 aliphatic heterocycles. The maximum Gasteiger partial charge on any atom is 0.229 e. The first-order chi connectivity index (χ1) is 14.0. The third-order valence-corrected chi connectivity index (χ3v) is 5.86. The molecule has 0 bridgehead atoms. The van der Waals surface area contributed by atoms with E-state index in [0.29, 0.717) is 25.1 Å². The second kappa shape index (κ2) is 7.93. The normalized spacial score (nSPS) is 13.7. The molecule has 3 N–H and O–H groups in total. The maximum absolute atomic E-state index is 11.8. The van der Waals surface area contributed by atoms with Crippen molar-refractivity contribution in [1.82, 2.24) is 4.90 Å². The number of likely N-dealkylation sites (tertiary alicyclic amines) is 1. The monoisotopic (exact) mass is 403 g/mol. The third kappa shape index (κ3) is 4.07. The van der Waals surface area contributed by atoms with Crippen LogP contribution >= 0.6 is 11.3 Å². The average molecular weight is 404 g/mol. The largest absolute Gasteiger partial charge is 0.397 e. The second-order valence-corrected chi connectivity index (χ2v) is 7.90. The molecule has 1 aromatic heterocycles. The van der Waals surface area contributed by atoms with Gasteiger partial charge in [-0.05, 0) is 40.3 Å². The van der Waals surface area contributed by atoms with Crippen molar-refractivity contribution in [2.45, 2.75) is 19.4 Å². The zero-order chi connectivity index (χ0) is 20.4. The van der Waals surface area contributed by atoms with E-state index < -0.39 is 0 Å². The van der Waals surface area contributed by atoms with Crippen LogP contribution in [0.1, 0.15) is 24.0 Å². The van der Waals surface area contributed by atoms with Crippen molar-refractivity contribution in [2.75, 3.05) is 11.1 Å². The number of carbonyl (C=O) groups excluding carboxylic acids is 2. The summed E-state index contributed by atoms with van der Waals surface area (Å²) in [4.78, 5) is 26.1. The third-order valence-electron chi connectivity index (χ3n) is 4.94. The van der Waals surface area contributed by atoms with Gasteiger partial charge < -0.3 is 11.1 Å². The summed E-state index contributed by atoms with van der Waals surface area (Å²) in [5.74, 6) is -0.211. The minimum absolute atomic E-state index is 0.105. The number of rotatable bonds is 6. The van der Waals surface area contributed by atoms with Crippen LogP contribution in [-0.2, 0) is 16.1 Å². The van der Waals surface area contributed by atoms with E-state index >= 15 is 0 Å². The van der Waals surface area contributed by atoms with Gasteiger partial charge in [-0.1, -0.05) is 43.0 Å². The lowest BCUT2D eigenvalue weighted by Gasteiger charge is -2.16. The molecular formula is C23H21N3O2S. The van der Waals surface area contributed by atoms with Gasteiger partial charge in [-0.25, -0.2) is 0 Å². The molecule has 1 fully saturated rings. The Hall–Kier alpha value is -3.38. The Morgan fingerprint density at radius 1 is 1.07 bits per heavy atom. The molecule has 0 aliphatic carbocycles. The second-order valence-electron chi connectivity index (χ2n) is 6.95. The predicted molar refractivity (Wildman–Crippen MR) is 118 cm³/mol. The first kappa shape index (κ1) is 19.0. The minimum atomic E-state index is -0.105. The number of nitrogen functional groups attached to an aromatic ring is 1. The Morgan fingerprint density at radius 2 is 1.79 bits per heavy atom. The Labute approximate surface area is 173 Å². The number of carbonyl (C=O) groups is 2. The van der Waals surface area contributed by atoms with E-state index in [1.54, 1.807) is 11.3 Å². The number of amides is 2. The molecular weight excluding hydrogens is 382 g/mol. The Kier molecular flexibility index (Phi) is 5.18. The summed E-state index contributed by atoms with van der Waals surface area (Å²) in [5.41, 5.74) is 11.2. The smallest absolute Gasteiger partial charge is 0.229 e. The van der Waals surface area contributed by atoms with Crippen LogP contribution in [0.15, 0.2) is 66.6 Å². The number of imide groups is 1. The van der Waals surface area contributed by atoms with Crippen molar-refractivity contribution in [3.05, 3.63) is 77.7 Å². The summed E-state index contributed by atoms with van der Waals surface area (Å²) >= 11 is 1.68. The van der Waals surface area contributed by atoms with Gasteiger partial charge in [0.1, 0.15) is 0 Å². The van der Waals surface area contributed by atoms with Gasteiger partial charge in [0.25, 0.3) is 0 Å². The molecule has 29 heavy (non-hydrogen) atoms. The molecule has 2 aromatic carbocycles. The van der Waals surface area contributed by atoms with Crippen LogP contribution in [0, 0.1) is 0 Å². The highest BCUT2D eigenvalue weighted by Crippen LogP contribution is 2.31. The fraction of sp³-hybridized carbons (Fsp3) is 0.130. The van der Waals surface area contributed by atoms with Crippen molar-refractivity contribution in [2.24, 2.45) is 0 Å². The first-order valence-electron chi connectivity index (χ1n) is 9.33. The summed E-state index contributed by atoms with van der Waals surface area (Å²) in [5, 5.41) is 5.35. The van der Waals surface area contributed by atoms with Crippen LogP contribution in [0.2, 0.25) is 0 Å². The fourth-order valence-corrected chi connectivity index (χ4v) is 4.01. The van der Waals surface area contributed by atoms with E-state index in [1.807, 2.05) is 53.9 Å². The van der Waals surface area contributed by atoms with Gasteiger partial charge in [-0.2, -0.15) is 0 Å². The van der Waals surface area contributed by atoms with Crippen LogP contribution in [0.3, 0.4) is 0 Å². The number of hydrogen-bond acceptors (Lipinski definition) is 5. The van der Waals surface area contributed by atoms with Gasteiger partial charge in [0, 0.05) is 23.4 Å². The van der Waals surface area contributed by atoms with Crippen LogP contribution < -0.4 is 11.1 Å². The zero-order valence-electron chi connectivity index (χ0n) is 15.9. The Morgan fingerprint density at radius 3 is 2.45 bits per heavy atom. The highest BCUT2D eigenvalue weighted by atomic mass is 32.1. The number of nitrogens with two attached hydrogens (primary N) is 1. The van der Waals surface area contributed by atoms with Crippen molar-refractivity contribution in [3.63, 3.8) is 0 Å². The average Bonchev–Trinajstić information content (AvgIpc) is 3.36. The molecule has 5 nitrogen and oxygen atoms in total. The van der Waals surface area contributed by atoms with Crippen molar-refractivity contribution >= 4 is 40.2 Å². The molecule has 0 saturated carbocycles. The van der Waals surface area contributed by atoms with E-state index in [2.05, 4.69) is 18.0 Å². The van der Waals surface area contributed by atoms with Crippen LogP contribution in [0.5, 0.6) is 0 Å². The summed E-state index contributed by atoms with van der Waals surface area (Å²) in [6.45, 7) is 4.44. The molecule has 1 aliphatic rings. The van der Waals surface area contributed by atoms with Crippen molar-refractivity contribution < 1.29 is 9.59 Å². The van der Waals surface area contributed by atoms with Gasteiger partial charge in [-0.3, -0.25) is 14.5 Å². The molecule has 4 rings (SSSR count). The van der Waals surface area contributed by atoms with Gasteiger partial charge in [0.2, 0.25) is 11.8 Å². The number of thiophene rings is 1. The predicted octanol–water partition coefficient (Wildman–Crippen LogP) is 4.73. The summed E-state index contributed by atoms with van der Waals surface area (Å²) < 4.78 is 0. The number of nitrogens with one attached hydrogen (secondary N) is 1. The van der Waals surface area contributed by atoms with Crippen molar-refractivity contribution in [1.29, 1.82) is 0 Å². The molecule has 0 spiro atoms. The van der Waals surface area contributed by atoms with Crippen LogP contribution in [0.25, 0.3) is 16.1 Å². The molecule has 0 unspecified atom stereocenters. The van der Waals surface area contributed by atoms with Gasteiger partial charge in [0.05, 0.1) is 17.9 Å². The van der Waals surface area contributed by atoms with Crippen molar-refractivity contribution in [3.8, 4) is 10.4 Å². The summed E-state index contributed by atoms with van der Waals surface area (Å²) in [6.07, 6.45) is 0.618. The Balaban J connectivity index is 1.47. The van der Waals surface area contributed by atoms with Gasteiger partial charge in [0.15, 0.2) is 0 Å². The minimum Gasteiger partial charge on any atom is -0.397 e. The van der Waals surface area contributed by atoms with Gasteiger partial charge in [-0.15, -0.1) is 11.3 Å². The van der Waals surface area contributed by atoms with E-state index in [0.717, 1.165) is 28.1 Å². The molecule has 1 saturated heterocycles. The first-order valence-corrected chi connectivity index (χ1v) is 10.2. The Bertz CT molecular complexity index is 1060. The molecule has 146 valence electrons. The standard InChI is InChI=1S/C23H21N3O2S/c1-15(25-20-13-18(8-9-19(20)24)21-3-2-12-29-21)17-6-4-16(5-7-17)14-26-22(27)10-11-23(26)28/h2-9,12-13,25H,1,10-11,14,24H2. The van der Waals surface area contributed by atoms with E-state index in [1.165, 1.54) is 9.78 Å². The molecule has 6 heteroatoms.